The van der Waals surface area contributed by atoms with E-state index in [0.717, 1.165) is 23.1 Å². The molecule has 1 aromatic heterocycles. The van der Waals surface area contributed by atoms with Crippen molar-refractivity contribution in [1.82, 2.24) is 10.2 Å². The van der Waals surface area contributed by atoms with Gasteiger partial charge in [-0.2, -0.15) is 0 Å². The average molecular weight is 284 g/mol. The van der Waals surface area contributed by atoms with Gasteiger partial charge in [0.25, 0.3) is 0 Å². The Balaban J connectivity index is 1.90. The minimum atomic E-state index is 0.384. The second-order valence-electron chi connectivity index (χ2n) is 3.65. The summed E-state index contributed by atoms with van der Waals surface area (Å²) < 4.78 is 5.59. The third kappa shape index (κ3) is 3.58. The lowest BCUT2D eigenvalue weighted by Crippen LogP contribution is -1.98. The molecule has 6 heteroatoms. The second kappa shape index (κ2) is 6.56. The molecule has 0 bridgehead atoms. The molecule has 0 unspecified atom stereocenters. The van der Waals surface area contributed by atoms with E-state index < -0.39 is 0 Å². The van der Waals surface area contributed by atoms with Crippen LogP contribution in [0.5, 0.6) is 5.75 Å². The molecule has 2 aromatic rings. The molecule has 0 saturated carbocycles. The van der Waals surface area contributed by atoms with Gasteiger partial charge in [-0.25, -0.2) is 0 Å². The quantitative estimate of drug-likeness (QED) is 0.880. The predicted molar refractivity (Wildman–Crippen MR) is 74.5 cm³/mol. The minimum absolute atomic E-state index is 0.384. The maximum atomic E-state index is 5.99. The number of ether oxygens (including phenoxy) is 1. The van der Waals surface area contributed by atoms with Crippen molar-refractivity contribution in [2.24, 2.45) is 0 Å². The van der Waals surface area contributed by atoms with Gasteiger partial charge in [0, 0.05) is 6.54 Å². The number of rotatable bonds is 6. The van der Waals surface area contributed by atoms with Crippen LogP contribution in [-0.4, -0.2) is 16.7 Å². The van der Waals surface area contributed by atoms with Crippen molar-refractivity contribution in [3.8, 4) is 5.75 Å². The maximum absolute atomic E-state index is 5.99. The fraction of sp³-hybridized carbons (Fsp3) is 0.333. The van der Waals surface area contributed by atoms with E-state index in [1.54, 1.807) is 6.07 Å². The Morgan fingerprint density at radius 1 is 1.33 bits per heavy atom. The fourth-order valence-corrected chi connectivity index (χ4v) is 2.19. The summed E-state index contributed by atoms with van der Waals surface area (Å²) in [6.07, 6.45) is 1.06. The molecule has 0 aliphatic carbocycles. The van der Waals surface area contributed by atoms with Crippen LogP contribution in [0.1, 0.15) is 18.4 Å². The fourth-order valence-electron chi connectivity index (χ4n) is 1.32. The number of benzene rings is 1. The normalized spacial score (nSPS) is 10.3. The molecule has 0 aliphatic heterocycles. The highest BCUT2D eigenvalue weighted by Gasteiger charge is 2.05. The molecule has 0 fully saturated rings. The molecule has 0 saturated heterocycles. The van der Waals surface area contributed by atoms with E-state index in [0.29, 0.717) is 17.4 Å². The zero-order valence-electron chi connectivity index (χ0n) is 10.0. The summed E-state index contributed by atoms with van der Waals surface area (Å²) in [5.41, 5.74) is 0. The van der Waals surface area contributed by atoms with Gasteiger partial charge in [-0.05, 0) is 18.6 Å². The van der Waals surface area contributed by atoms with Gasteiger partial charge in [0.1, 0.15) is 12.4 Å². The molecule has 0 radical (unpaired) electrons. The highest BCUT2D eigenvalue weighted by Crippen LogP contribution is 2.25. The first-order chi connectivity index (χ1) is 8.79. The van der Waals surface area contributed by atoms with Crippen LogP contribution in [0.4, 0.5) is 5.13 Å². The summed E-state index contributed by atoms with van der Waals surface area (Å²) in [6.45, 7) is 3.39. The monoisotopic (exact) mass is 283 g/mol. The lowest BCUT2D eigenvalue weighted by Gasteiger charge is -2.04. The first kappa shape index (κ1) is 13.1. The number of nitrogens with zero attached hydrogens (tertiary/aromatic N) is 2. The number of hydrogen-bond donors (Lipinski definition) is 1. The molecular formula is C12H14ClN3OS. The SMILES string of the molecule is CCCNc1nnc(COc2ccccc2Cl)s1. The third-order valence-corrected chi connectivity index (χ3v) is 3.35. The molecule has 2 rings (SSSR count). The van der Waals surface area contributed by atoms with Crippen molar-refractivity contribution in [3.05, 3.63) is 34.3 Å². The van der Waals surface area contributed by atoms with Crippen molar-refractivity contribution in [3.63, 3.8) is 0 Å². The smallest absolute Gasteiger partial charge is 0.205 e. The molecule has 1 heterocycles. The number of para-hydroxylation sites is 1. The van der Waals surface area contributed by atoms with E-state index >= 15 is 0 Å². The highest BCUT2D eigenvalue weighted by molar-refractivity contribution is 7.15. The highest BCUT2D eigenvalue weighted by atomic mass is 35.5. The molecule has 96 valence electrons. The van der Waals surface area contributed by atoms with Crippen LogP contribution < -0.4 is 10.1 Å². The Kier molecular flexibility index (Phi) is 4.78. The topological polar surface area (TPSA) is 47.0 Å². The molecule has 0 amide bonds. The molecule has 1 aromatic carbocycles. The van der Waals surface area contributed by atoms with Gasteiger partial charge in [0.05, 0.1) is 5.02 Å². The number of halogens is 1. The number of hydrogen-bond acceptors (Lipinski definition) is 5. The van der Waals surface area contributed by atoms with E-state index in [1.165, 1.54) is 11.3 Å². The molecule has 0 spiro atoms. The summed E-state index contributed by atoms with van der Waals surface area (Å²) >= 11 is 7.49. The maximum Gasteiger partial charge on any atom is 0.205 e. The van der Waals surface area contributed by atoms with Crippen LogP contribution in [0.2, 0.25) is 5.02 Å². The van der Waals surface area contributed by atoms with Gasteiger partial charge in [0.2, 0.25) is 5.13 Å². The van der Waals surface area contributed by atoms with E-state index in [4.69, 9.17) is 16.3 Å². The first-order valence-corrected chi connectivity index (χ1v) is 6.92. The Morgan fingerprint density at radius 2 is 2.17 bits per heavy atom. The third-order valence-electron chi connectivity index (χ3n) is 2.18. The van der Waals surface area contributed by atoms with Gasteiger partial charge in [-0.1, -0.05) is 42.0 Å². The summed E-state index contributed by atoms with van der Waals surface area (Å²) in [5.74, 6) is 0.664. The first-order valence-electron chi connectivity index (χ1n) is 5.73. The Bertz CT molecular complexity index is 504. The van der Waals surface area contributed by atoms with Crippen molar-refractivity contribution in [2.45, 2.75) is 20.0 Å². The Labute approximate surface area is 115 Å². The van der Waals surface area contributed by atoms with Gasteiger partial charge in [-0.3, -0.25) is 0 Å². The van der Waals surface area contributed by atoms with Crippen LogP contribution in [0.25, 0.3) is 0 Å². The molecule has 1 N–H and O–H groups in total. The molecule has 0 atom stereocenters. The summed E-state index contributed by atoms with van der Waals surface area (Å²) in [4.78, 5) is 0. The van der Waals surface area contributed by atoms with Crippen molar-refractivity contribution < 1.29 is 4.74 Å². The predicted octanol–water partition coefficient (Wildman–Crippen LogP) is 3.59. The Hall–Kier alpha value is -1.33. The summed E-state index contributed by atoms with van der Waals surface area (Å²) in [6, 6.07) is 7.38. The van der Waals surface area contributed by atoms with Crippen LogP contribution in [0.3, 0.4) is 0 Å². The lowest BCUT2D eigenvalue weighted by atomic mass is 10.3. The zero-order valence-corrected chi connectivity index (χ0v) is 11.6. The van der Waals surface area contributed by atoms with Gasteiger partial charge in [-0.15, -0.1) is 10.2 Å². The molecule has 18 heavy (non-hydrogen) atoms. The van der Waals surface area contributed by atoms with Crippen molar-refractivity contribution in [1.29, 1.82) is 0 Å². The van der Waals surface area contributed by atoms with Crippen LogP contribution in [0.15, 0.2) is 24.3 Å². The molecular weight excluding hydrogens is 270 g/mol. The largest absolute Gasteiger partial charge is 0.485 e. The number of nitrogens with one attached hydrogen (secondary N) is 1. The minimum Gasteiger partial charge on any atom is -0.485 e. The second-order valence-corrected chi connectivity index (χ2v) is 5.12. The average Bonchev–Trinajstić information content (AvgIpc) is 2.83. The van der Waals surface area contributed by atoms with Crippen molar-refractivity contribution >= 4 is 28.1 Å². The molecule has 4 nitrogen and oxygen atoms in total. The zero-order chi connectivity index (χ0) is 12.8. The van der Waals surface area contributed by atoms with E-state index in [1.807, 2.05) is 18.2 Å². The van der Waals surface area contributed by atoms with Crippen LogP contribution in [-0.2, 0) is 6.61 Å². The van der Waals surface area contributed by atoms with Gasteiger partial charge >= 0.3 is 0 Å². The number of aromatic nitrogens is 2. The van der Waals surface area contributed by atoms with E-state index in [-0.39, 0.29) is 0 Å². The summed E-state index contributed by atoms with van der Waals surface area (Å²) in [5, 5.41) is 13.5. The van der Waals surface area contributed by atoms with Crippen molar-refractivity contribution in [2.75, 3.05) is 11.9 Å². The van der Waals surface area contributed by atoms with E-state index in [9.17, 15) is 0 Å². The lowest BCUT2D eigenvalue weighted by molar-refractivity contribution is 0.305. The Morgan fingerprint density at radius 3 is 2.94 bits per heavy atom. The van der Waals surface area contributed by atoms with E-state index in [2.05, 4.69) is 22.4 Å². The van der Waals surface area contributed by atoms with Gasteiger partial charge < -0.3 is 10.1 Å². The molecule has 0 aliphatic rings. The van der Waals surface area contributed by atoms with Gasteiger partial charge in [0.15, 0.2) is 5.01 Å². The van der Waals surface area contributed by atoms with Crippen LogP contribution in [0, 0.1) is 0 Å². The van der Waals surface area contributed by atoms with Crippen LogP contribution >= 0.6 is 22.9 Å². The standard InChI is InChI=1S/C12H14ClN3OS/c1-2-7-14-12-16-15-11(18-12)8-17-10-6-4-3-5-9(10)13/h3-6H,2,7-8H2,1H3,(H,14,16). The summed E-state index contributed by atoms with van der Waals surface area (Å²) in [7, 11) is 0. The number of anilines is 1.